The first-order valence-corrected chi connectivity index (χ1v) is 4.45. The Morgan fingerprint density at radius 1 is 1.54 bits per heavy atom. The first-order valence-electron chi connectivity index (χ1n) is 4.45. The van der Waals surface area contributed by atoms with Gasteiger partial charge in [0.15, 0.2) is 0 Å². The van der Waals surface area contributed by atoms with Gasteiger partial charge in [0.05, 0.1) is 12.5 Å². The van der Waals surface area contributed by atoms with Crippen LogP contribution in [0.5, 0.6) is 0 Å². The van der Waals surface area contributed by atoms with Crippen molar-refractivity contribution < 1.29 is 9.63 Å². The number of hydrogen-bond donors (Lipinski definition) is 0. The van der Waals surface area contributed by atoms with E-state index in [2.05, 4.69) is 0 Å². The number of allylic oxidation sites excluding steroid dienone is 1. The van der Waals surface area contributed by atoms with Crippen LogP contribution < -0.4 is 0 Å². The zero-order valence-corrected chi connectivity index (χ0v) is 9.13. The average Bonchev–Trinajstić information content (AvgIpc) is 2.12. The second-order valence-corrected chi connectivity index (χ2v) is 3.52. The highest BCUT2D eigenvalue weighted by Gasteiger charge is 2.27. The molecule has 0 aliphatic heterocycles. The summed E-state index contributed by atoms with van der Waals surface area (Å²) >= 11 is 0. The molecule has 0 rings (SSSR count). The summed E-state index contributed by atoms with van der Waals surface area (Å²) in [6, 6.07) is 0. The van der Waals surface area contributed by atoms with Gasteiger partial charge in [0.2, 0.25) is 0 Å². The van der Waals surface area contributed by atoms with E-state index in [9.17, 15) is 4.79 Å². The summed E-state index contributed by atoms with van der Waals surface area (Å²) in [6.07, 6.45) is 4.83. The van der Waals surface area contributed by atoms with Gasteiger partial charge in [-0.05, 0) is 20.3 Å². The molecule has 0 radical (unpaired) electrons. The Kier molecular flexibility index (Phi) is 4.70. The fourth-order valence-electron chi connectivity index (χ4n) is 0.972. The second kappa shape index (κ2) is 5.02. The molecule has 3 heteroatoms. The van der Waals surface area contributed by atoms with Gasteiger partial charge >= 0.3 is 0 Å². The fraction of sp³-hybridized carbons (Fsp3) is 0.700. The molecular weight excluding hydrogens is 166 g/mol. The van der Waals surface area contributed by atoms with Crippen LogP contribution in [-0.2, 0) is 9.63 Å². The smallest absolute Gasteiger partial charge is 0.255 e. The minimum absolute atomic E-state index is 0.0419. The summed E-state index contributed by atoms with van der Waals surface area (Å²) < 4.78 is 0. The lowest BCUT2D eigenvalue weighted by Gasteiger charge is -2.24. The molecule has 0 heterocycles. The van der Waals surface area contributed by atoms with Gasteiger partial charge in [-0.1, -0.05) is 19.1 Å². The third-order valence-corrected chi connectivity index (χ3v) is 1.88. The van der Waals surface area contributed by atoms with E-state index in [1.54, 1.807) is 7.05 Å². The maximum atomic E-state index is 11.7. The fourth-order valence-corrected chi connectivity index (χ4v) is 0.972. The predicted octanol–water partition coefficient (Wildman–Crippen LogP) is 2.00. The molecule has 3 nitrogen and oxygen atoms in total. The number of amides is 1. The van der Waals surface area contributed by atoms with Gasteiger partial charge in [-0.2, -0.15) is 0 Å². The van der Waals surface area contributed by atoms with Crippen molar-refractivity contribution in [3.63, 3.8) is 0 Å². The molecule has 0 bridgehead atoms. The van der Waals surface area contributed by atoms with Crippen molar-refractivity contribution in [2.45, 2.75) is 27.2 Å². The Bertz CT molecular complexity index is 197. The molecule has 76 valence electrons. The topological polar surface area (TPSA) is 29.5 Å². The maximum absolute atomic E-state index is 11.7. The monoisotopic (exact) mass is 185 g/mol. The number of hydroxylamine groups is 2. The summed E-state index contributed by atoms with van der Waals surface area (Å²) in [5.74, 6) is -0.0419. The van der Waals surface area contributed by atoms with Crippen molar-refractivity contribution in [2.24, 2.45) is 5.41 Å². The molecule has 0 fully saturated rings. The normalized spacial score (nSPS) is 12.1. The van der Waals surface area contributed by atoms with E-state index in [1.165, 1.54) is 12.2 Å². The third-order valence-electron chi connectivity index (χ3n) is 1.88. The van der Waals surface area contributed by atoms with Gasteiger partial charge in [-0.25, -0.2) is 5.06 Å². The van der Waals surface area contributed by atoms with Crippen LogP contribution >= 0.6 is 0 Å². The molecule has 0 saturated carbocycles. The highest BCUT2D eigenvalue weighted by molar-refractivity contribution is 5.82. The van der Waals surface area contributed by atoms with E-state index in [1.807, 2.05) is 32.9 Å². The zero-order valence-electron chi connectivity index (χ0n) is 9.13. The lowest BCUT2D eigenvalue weighted by molar-refractivity contribution is -0.176. The van der Waals surface area contributed by atoms with E-state index < -0.39 is 5.41 Å². The van der Waals surface area contributed by atoms with Crippen LogP contribution in [0.2, 0.25) is 0 Å². The van der Waals surface area contributed by atoms with Gasteiger partial charge in [-0.3, -0.25) is 9.63 Å². The van der Waals surface area contributed by atoms with Gasteiger partial charge in [0.25, 0.3) is 5.91 Å². The Labute approximate surface area is 80.3 Å². The molecule has 0 aliphatic carbocycles. The largest absolute Gasteiger partial charge is 0.275 e. The summed E-state index contributed by atoms with van der Waals surface area (Å²) in [5, 5.41) is 1.25. The predicted molar refractivity (Wildman–Crippen MR) is 53.0 cm³/mol. The van der Waals surface area contributed by atoms with Crippen LogP contribution in [-0.4, -0.2) is 25.1 Å². The maximum Gasteiger partial charge on any atom is 0.255 e. The van der Waals surface area contributed by atoms with Crippen LogP contribution in [0.25, 0.3) is 0 Å². The quantitative estimate of drug-likeness (QED) is 0.495. The Balaban J connectivity index is 4.44. The molecule has 0 aromatic carbocycles. The number of hydrogen-bond acceptors (Lipinski definition) is 2. The van der Waals surface area contributed by atoms with Gasteiger partial charge in [-0.15, -0.1) is 0 Å². The lowest BCUT2D eigenvalue weighted by Crippen LogP contribution is -2.36. The number of carbonyl (C=O) groups is 1. The Morgan fingerprint density at radius 2 is 2.08 bits per heavy atom. The molecule has 0 N–H and O–H groups in total. The molecule has 0 unspecified atom stereocenters. The molecule has 0 saturated heterocycles. The summed E-state index contributed by atoms with van der Waals surface area (Å²) in [5.41, 5.74) is -0.485. The van der Waals surface area contributed by atoms with E-state index in [-0.39, 0.29) is 5.91 Å². The van der Waals surface area contributed by atoms with Crippen molar-refractivity contribution in [3.05, 3.63) is 12.2 Å². The van der Waals surface area contributed by atoms with Crippen LogP contribution in [0.3, 0.4) is 0 Å². The molecule has 0 aromatic heterocycles. The van der Waals surface area contributed by atoms with Crippen molar-refractivity contribution in [2.75, 3.05) is 14.2 Å². The standard InChI is InChI=1S/C10H19NO2/c1-6-7-8-10(2,3)9(12)11(4)13-5/h7-8H,6H2,1-5H3/b8-7+. The average molecular weight is 185 g/mol. The Hall–Kier alpha value is -0.830. The van der Waals surface area contributed by atoms with Gasteiger partial charge < -0.3 is 0 Å². The number of nitrogens with zero attached hydrogens (tertiary/aromatic N) is 1. The molecule has 0 aromatic rings. The van der Waals surface area contributed by atoms with Crippen LogP contribution in [0, 0.1) is 5.41 Å². The third kappa shape index (κ3) is 3.59. The van der Waals surface area contributed by atoms with Crippen LogP contribution in [0.4, 0.5) is 0 Å². The summed E-state index contributed by atoms with van der Waals surface area (Å²) in [6.45, 7) is 5.78. The van der Waals surface area contributed by atoms with E-state index in [0.29, 0.717) is 0 Å². The minimum Gasteiger partial charge on any atom is -0.275 e. The molecular formula is C10H19NO2. The molecule has 13 heavy (non-hydrogen) atoms. The van der Waals surface area contributed by atoms with Crippen LogP contribution in [0.1, 0.15) is 27.2 Å². The van der Waals surface area contributed by atoms with E-state index in [4.69, 9.17) is 4.84 Å². The molecule has 0 spiro atoms. The highest BCUT2D eigenvalue weighted by atomic mass is 16.7. The molecule has 1 amide bonds. The molecule has 0 aliphatic rings. The summed E-state index contributed by atoms with van der Waals surface area (Å²) in [7, 11) is 3.10. The highest BCUT2D eigenvalue weighted by Crippen LogP contribution is 2.20. The Morgan fingerprint density at radius 3 is 2.46 bits per heavy atom. The van der Waals surface area contributed by atoms with Crippen molar-refractivity contribution in [1.82, 2.24) is 5.06 Å². The van der Waals surface area contributed by atoms with Crippen molar-refractivity contribution in [1.29, 1.82) is 0 Å². The molecule has 0 atom stereocenters. The first-order chi connectivity index (χ1) is 5.95. The summed E-state index contributed by atoms with van der Waals surface area (Å²) in [4.78, 5) is 16.5. The number of carbonyl (C=O) groups excluding carboxylic acids is 1. The van der Waals surface area contributed by atoms with Crippen LogP contribution in [0.15, 0.2) is 12.2 Å². The lowest BCUT2D eigenvalue weighted by atomic mass is 9.91. The SMILES string of the molecule is CC/C=C/C(C)(C)C(=O)N(C)OC. The van der Waals surface area contributed by atoms with E-state index in [0.717, 1.165) is 6.42 Å². The van der Waals surface area contributed by atoms with Crippen molar-refractivity contribution in [3.8, 4) is 0 Å². The second-order valence-electron chi connectivity index (χ2n) is 3.52. The first kappa shape index (κ1) is 12.2. The van der Waals surface area contributed by atoms with Crippen molar-refractivity contribution >= 4 is 5.91 Å². The van der Waals surface area contributed by atoms with Gasteiger partial charge in [0.1, 0.15) is 0 Å². The number of rotatable bonds is 4. The van der Waals surface area contributed by atoms with Gasteiger partial charge in [0, 0.05) is 7.05 Å². The minimum atomic E-state index is -0.485. The zero-order chi connectivity index (χ0) is 10.5. The van der Waals surface area contributed by atoms with E-state index >= 15 is 0 Å².